The Morgan fingerprint density at radius 1 is 1.20 bits per heavy atom. The van der Waals surface area contributed by atoms with Gasteiger partial charge in [-0.2, -0.15) is 0 Å². The average molecular weight is 213 g/mol. The van der Waals surface area contributed by atoms with Crippen LogP contribution in [-0.2, 0) is 9.59 Å². The van der Waals surface area contributed by atoms with E-state index in [1.165, 1.54) is 0 Å². The minimum absolute atomic E-state index is 0.104. The molecule has 0 heterocycles. The lowest BCUT2D eigenvalue weighted by Crippen LogP contribution is -2.31. The maximum Gasteiger partial charge on any atom is 0.220 e. The van der Waals surface area contributed by atoms with Crippen LogP contribution in [0.15, 0.2) is 0 Å². The number of amides is 1. The van der Waals surface area contributed by atoms with Gasteiger partial charge < -0.3 is 5.73 Å². The molecule has 0 bridgehead atoms. The molecular weight excluding hydrogens is 190 g/mol. The minimum atomic E-state index is -0.384. The third-order valence-corrected chi connectivity index (χ3v) is 2.43. The van der Waals surface area contributed by atoms with Crippen molar-refractivity contribution in [2.45, 2.75) is 47.5 Å². The van der Waals surface area contributed by atoms with Gasteiger partial charge in [0.1, 0.15) is 5.78 Å². The summed E-state index contributed by atoms with van der Waals surface area (Å²) in [5, 5.41) is 0. The quantitative estimate of drug-likeness (QED) is 0.760. The molecule has 0 saturated carbocycles. The van der Waals surface area contributed by atoms with E-state index in [9.17, 15) is 9.59 Å². The van der Waals surface area contributed by atoms with Gasteiger partial charge in [0.2, 0.25) is 5.91 Å². The molecule has 0 radical (unpaired) electrons. The molecule has 2 N–H and O–H groups in total. The molecule has 3 nitrogen and oxygen atoms in total. The summed E-state index contributed by atoms with van der Waals surface area (Å²) in [6.07, 6.45) is 0.966. The zero-order chi connectivity index (χ0) is 12.2. The van der Waals surface area contributed by atoms with E-state index in [1.54, 1.807) is 0 Å². The Bertz CT molecular complexity index is 238. The molecule has 0 aliphatic carbocycles. The van der Waals surface area contributed by atoms with Crippen LogP contribution in [0.25, 0.3) is 0 Å². The molecular formula is C12H23NO2. The molecule has 15 heavy (non-hydrogen) atoms. The number of carbonyl (C=O) groups excluding carboxylic acids is 2. The number of hydrogen-bond donors (Lipinski definition) is 1. The summed E-state index contributed by atoms with van der Waals surface area (Å²) in [6, 6.07) is 0. The second-order valence-corrected chi connectivity index (χ2v) is 5.61. The second-order valence-electron chi connectivity index (χ2n) is 5.61. The van der Waals surface area contributed by atoms with E-state index < -0.39 is 0 Å². The summed E-state index contributed by atoms with van der Waals surface area (Å²) in [6.45, 7) is 9.64. The lowest BCUT2D eigenvalue weighted by atomic mass is 9.82. The van der Waals surface area contributed by atoms with Gasteiger partial charge in [0.05, 0.1) is 0 Å². The fraction of sp³-hybridized carbons (Fsp3) is 0.833. The molecule has 1 atom stereocenters. The number of nitrogens with two attached hydrogens (primary N) is 1. The number of ketones is 1. The van der Waals surface area contributed by atoms with Crippen LogP contribution in [0.2, 0.25) is 0 Å². The maximum atomic E-state index is 11.8. The van der Waals surface area contributed by atoms with Crippen LogP contribution in [0, 0.1) is 17.3 Å². The Balaban J connectivity index is 4.43. The number of primary amides is 1. The largest absolute Gasteiger partial charge is 0.369 e. The first-order chi connectivity index (χ1) is 6.64. The van der Waals surface area contributed by atoms with Crippen LogP contribution in [-0.4, -0.2) is 11.7 Å². The summed E-state index contributed by atoms with van der Waals surface area (Å²) in [7, 11) is 0. The normalized spacial score (nSPS) is 14.0. The van der Waals surface area contributed by atoms with E-state index in [1.807, 2.05) is 34.6 Å². The summed E-state index contributed by atoms with van der Waals surface area (Å²) in [5.74, 6) is -0.180. The molecule has 0 spiro atoms. The van der Waals surface area contributed by atoms with Gasteiger partial charge in [-0.1, -0.05) is 34.6 Å². The Morgan fingerprint density at radius 2 is 1.67 bits per heavy atom. The molecule has 0 aromatic carbocycles. The van der Waals surface area contributed by atoms with E-state index in [0.29, 0.717) is 12.3 Å². The monoisotopic (exact) mass is 213 g/mol. The van der Waals surface area contributed by atoms with Gasteiger partial charge in [-0.15, -0.1) is 0 Å². The van der Waals surface area contributed by atoms with Crippen molar-refractivity contribution < 1.29 is 9.59 Å². The van der Waals surface area contributed by atoms with Crippen LogP contribution in [0.5, 0.6) is 0 Å². The molecule has 0 aromatic heterocycles. The van der Waals surface area contributed by atoms with Crippen molar-refractivity contribution in [1.82, 2.24) is 0 Å². The molecule has 0 fully saturated rings. The van der Waals surface area contributed by atoms with Crippen molar-refractivity contribution in [2.24, 2.45) is 23.0 Å². The van der Waals surface area contributed by atoms with Crippen molar-refractivity contribution in [3.8, 4) is 0 Å². The number of carbonyl (C=O) groups is 2. The van der Waals surface area contributed by atoms with Crippen LogP contribution in [0.4, 0.5) is 0 Å². The fourth-order valence-corrected chi connectivity index (χ4v) is 1.40. The Hall–Kier alpha value is -0.860. The molecule has 0 rings (SSSR count). The van der Waals surface area contributed by atoms with Crippen LogP contribution in [0.1, 0.15) is 47.5 Å². The Morgan fingerprint density at radius 3 is 1.93 bits per heavy atom. The fourth-order valence-electron chi connectivity index (χ4n) is 1.40. The first-order valence-electron chi connectivity index (χ1n) is 5.47. The predicted molar refractivity (Wildman–Crippen MR) is 61.2 cm³/mol. The van der Waals surface area contributed by atoms with Gasteiger partial charge in [0.25, 0.3) is 0 Å². The predicted octanol–water partition coefficient (Wildman–Crippen LogP) is 2.14. The third kappa shape index (κ3) is 5.55. The topological polar surface area (TPSA) is 60.2 Å². The van der Waals surface area contributed by atoms with E-state index in [4.69, 9.17) is 5.73 Å². The van der Waals surface area contributed by atoms with Crippen LogP contribution < -0.4 is 5.73 Å². The summed E-state index contributed by atoms with van der Waals surface area (Å²) in [4.78, 5) is 22.9. The van der Waals surface area contributed by atoms with E-state index in [0.717, 1.165) is 0 Å². The second kappa shape index (κ2) is 5.29. The molecule has 0 saturated heterocycles. The van der Waals surface area contributed by atoms with E-state index >= 15 is 0 Å². The molecule has 0 aliphatic rings. The van der Waals surface area contributed by atoms with Crippen molar-refractivity contribution in [1.29, 1.82) is 0 Å². The summed E-state index contributed by atoms with van der Waals surface area (Å²) in [5.41, 5.74) is 4.90. The molecule has 1 amide bonds. The highest BCUT2D eigenvalue weighted by Gasteiger charge is 2.27. The minimum Gasteiger partial charge on any atom is -0.369 e. The standard InChI is InChI=1S/C12H23NO2/c1-8(2)6-9(11(13)15)7-10(14)12(3,4)5/h8-9H,6-7H2,1-5H3,(H2,13,15)/t9-/m1/s1. The van der Waals surface area contributed by atoms with Gasteiger partial charge in [-0.05, 0) is 12.3 Å². The summed E-state index contributed by atoms with van der Waals surface area (Å²) >= 11 is 0. The smallest absolute Gasteiger partial charge is 0.220 e. The Kier molecular flexibility index (Phi) is 4.98. The molecule has 88 valence electrons. The lowest BCUT2D eigenvalue weighted by Gasteiger charge is -2.21. The molecule has 0 aromatic rings. The SMILES string of the molecule is CC(C)C[C@H](CC(=O)C(C)(C)C)C(N)=O. The number of hydrogen-bond acceptors (Lipinski definition) is 2. The first-order valence-corrected chi connectivity index (χ1v) is 5.47. The zero-order valence-corrected chi connectivity index (χ0v) is 10.5. The molecule has 0 unspecified atom stereocenters. The highest BCUT2D eigenvalue weighted by Crippen LogP contribution is 2.23. The van der Waals surface area contributed by atoms with Crippen molar-refractivity contribution in [3.05, 3.63) is 0 Å². The van der Waals surface area contributed by atoms with Crippen molar-refractivity contribution in [2.75, 3.05) is 0 Å². The van der Waals surface area contributed by atoms with Crippen molar-refractivity contribution >= 4 is 11.7 Å². The van der Waals surface area contributed by atoms with E-state index in [-0.39, 0.29) is 29.4 Å². The van der Waals surface area contributed by atoms with Gasteiger partial charge in [-0.25, -0.2) is 0 Å². The van der Waals surface area contributed by atoms with Gasteiger partial charge in [0, 0.05) is 17.8 Å². The van der Waals surface area contributed by atoms with Crippen LogP contribution >= 0.6 is 0 Å². The summed E-state index contributed by atoms with van der Waals surface area (Å²) < 4.78 is 0. The van der Waals surface area contributed by atoms with Crippen molar-refractivity contribution in [3.63, 3.8) is 0 Å². The third-order valence-electron chi connectivity index (χ3n) is 2.43. The lowest BCUT2D eigenvalue weighted by molar-refractivity contribution is -0.132. The number of rotatable bonds is 5. The number of Topliss-reactive ketones (excluding diaryl/α,β-unsaturated/α-hetero) is 1. The van der Waals surface area contributed by atoms with Crippen LogP contribution in [0.3, 0.4) is 0 Å². The van der Waals surface area contributed by atoms with E-state index in [2.05, 4.69) is 0 Å². The first kappa shape index (κ1) is 14.1. The van der Waals surface area contributed by atoms with Gasteiger partial charge in [-0.3, -0.25) is 9.59 Å². The highest BCUT2D eigenvalue weighted by atomic mass is 16.1. The zero-order valence-electron chi connectivity index (χ0n) is 10.5. The molecule has 0 aliphatic heterocycles. The van der Waals surface area contributed by atoms with Gasteiger partial charge >= 0.3 is 0 Å². The average Bonchev–Trinajstić information content (AvgIpc) is 1.99. The maximum absolute atomic E-state index is 11.8. The molecule has 3 heteroatoms. The highest BCUT2D eigenvalue weighted by molar-refractivity contribution is 5.88. The Labute approximate surface area is 92.4 Å². The van der Waals surface area contributed by atoms with Gasteiger partial charge in [0.15, 0.2) is 0 Å².